The molecule has 2 aromatic carbocycles. The number of ether oxygens (including phenoxy) is 1. The van der Waals surface area contributed by atoms with Crippen molar-refractivity contribution in [1.82, 2.24) is 0 Å². The molecule has 0 radical (unpaired) electrons. The molecule has 28 heavy (non-hydrogen) atoms. The largest absolute Gasteiger partial charge is 0.495 e. The van der Waals surface area contributed by atoms with E-state index < -0.39 is 6.04 Å². The molecule has 0 aliphatic rings. The minimum absolute atomic E-state index is 0.0810. The number of hydrogen-bond acceptors (Lipinski definition) is 4. The van der Waals surface area contributed by atoms with Gasteiger partial charge in [0.1, 0.15) is 5.75 Å². The molecule has 0 saturated carbocycles. The minimum Gasteiger partial charge on any atom is -0.495 e. The number of hydrogen-bond donors (Lipinski definition) is 3. The molecule has 3 N–H and O–H groups in total. The second-order valence-corrected chi connectivity index (χ2v) is 6.75. The van der Waals surface area contributed by atoms with Crippen LogP contribution < -0.4 is 20.3 Å². The van der Waals surface area contributed by atoms with Crippen molar-refractivity contribution in [3.05, 3.63) is 53.1 Å². The average molecular weight is 402 g/mol. The Morgan fingerprint density at radius 3 is 2.50 bits per heavy atom. The quantitative estimate of drug-likeness (QED) is 0.658. The van der Waals surface area contributed by atoms with Gasteiger partial charge in [-0.3, -0.25) is 9.59 Å². The predicted octanol–water partition coefficient (Wildman–Crippen LogP) is 1.70. The number of carbonyl (C=O) groups is 2. The van der Waals surface area contributed by atoms with Gasteiger partial charge in [-0.05, 0) is 49.4 Å². The Kier molecular flexibility index (Phi) is 7.38. The molecule has 0 aliphatic carbocycles. The third-order valence-corrected chi connectivity index (χ3v) is 4.52. The molecule has 0 aromatic heterocycles. The molecule has 146 valence electrons. The highest BCUT2D eigenvalue weighted by atomic mass is 35.5. The van der Waals surface area contributed by atoms with Crippen molar-refractivity contribution in [2.24, 2.45) is 0 Å². The van der Waals surface area contributed by atoms with Crippen molar-refractivity contribution in [2.75, 3.05) is 31.3 Å². The molecule has 0 spiro atoms. The molecule has 0 bridgehead atoms. The number of methoxy groups -OCH3 is 1. The van der Waals surface area contributed by atoms with E-state index in [-0.39, 0.29) is 18.4 Å². The van der Waals surface area contributed by atoms with Crippen LogP contribution in [-0.4, -0.2) is 38.6 Å². The summed E-state index contributed by atoms with van der Waals surface area (Å²) in [6.45, 7) is 1.82. The maximum absolute atomic E-state index is 12.4. The number of rotatable bonds is 7. The number of anilines is 2. The highest BCUT2D eigenvalue weighted by Crippen LogP contribution is 2.27. The van der Waals surface area contributed by atoms with E-state index in [1.807, 2.05) is 6.07 Å². The number of likely N-dealkylation sites (N-methyl/N-ethyl adjacent to an activating group) is 1. The number of carbonyl (C=O) groups excluding carboxylic acids is 2. The van der Waals surface area contributed by atoms with Crippen molar-refractivity contribution < 1.29 is 19.2 Å². The van der Waals surface area contributed by atoms with Gasteiger partial charge in [-0.2, -0.15) is 5.26 Å². The number of nitrogens with zero attached hydrogens (tertiary/aromatic N) is 1. The van der Waals surface area contributed by atoms with Crippen LogP contribution in [0.25, 0.3) is 0 Å². The monoisotopic (exact) mass is 401 g/mol. The van der Waals surface area contributed by atoms with Crippen LogP contribution in [0.1, 0.15) is 12.5 Å². The van der Waals surface area contributed by atoms with Gasteiger partial charge in [-0.15, -0.1) is 0 Å². The first-order valence-electron chi connectivity index (χ1n) is 8.60. The minimum atomic E-state index is -0.470. The van der Waals surface area contributed by atoms with Crippen molar-refractivity contribution in [3.63, 3.8) is 0 Å². The molecule has 0 aliphatic heterocycles. The Morgan fingerprint density at radius 1 is 1.21 bits per heavy atom. The van der Waals surface area contributed by atoms with E-state index in [0.717, 1.165) is 0 Å². The standard InChI is InChI=1S/C20H21ClN4O3/c1-13(20(27)23-16-7-4-14(11-22)5-8-16)25(2)12-19(26)24-17-10-15(21)6-9-18(17)28-3/h4-10,13H,12H2,1-3H3,(H,23,27)(H,24,26)/p+1/t13-/m1/s1. The van der Waals surface area contributed by atoms with Gasteiger partial charge in [0.2, 0.25) is 0 Å². The summed E-state index contributed by atoms with van der Waals surface area (Å²) in [7, 11) is 3.27. The highest BCUT2D eigenvalue weighted by molar-refractivity contribution is 6.31. The summed E-state index contributed by atoms with van der Waals surface area (Å²) >= 11 is 5.97. The second-order valence-electron chi connectivity index (χ2n) is 6.32. The van der Waals surface area contributed by atoms with Gasteiger partial charge in [-0.1, -0.05) is 11.6 Å². The van der Waals surface area contributed by atoms with Gasteiger partial charge in [-0.25, -0.2) is 0 Å². The molecule has 8 heteroatoms. The molecule has 2 atom stereocenters. The van der Waals surface area contributed by atoms with Crippen LogP contribution in [0.5, 0.6) is 5.75 Å². The summed E-state index contributed by atoms with van der Waals surface area (Å²) in [4.78, 5) is 25.5. The van der Waals surface area contributed by atoms with Gasteiger partial charge in [0.15, 0.2) is 12.6 Å². The zero-order valence-corrected chi connectivity index (χ0v) is 16.6. The number of nitriles is 1. The van der Waals surface area contributed by atoms with Crippen LogP contribution in [-0.2, 0) is 9.59 Å². The van der Waals surface area contributed by atoms with Crippen LogP contribution in [0.15, 0.2) is 42.5 Å². The van der Waals surface area contributed by atoms with Gasteiger partial charge in [0.05, 0.1) is 31.5 Å². The summed E-state index contributed by atoms with van der Waals surface area (Å²) in [5, 5.41) is 14.8. The number of nitrogens with one attached hydrogen (secondary N) is 3. The molecule has 2 aromatic rings. The Labute approximate surface area is 168 Å². The van der Waals surface area contributed by atoms with E-state index in [4.69, 9.17) is 21.6 Å². The molecule has 0 saturated heterocycles. The summed E-state index contributed by atoms with van der Waals surface area (Å²) < 4.78 is 5.21. The lowest BCUT2D eigenvalue weighted by molar-refractivity contribution is -0.885. The third kappa shape index (κ3) is 5.71. The first kappa shape index (κ1) is 21.2. The van der Waals surface area contributed by atoms with E-state index in [1.54, 1.807) is 56.4 Å². The highest BCUT2D eigenvalue weighted by Gasteiger charge is 2.24. The van der Waals surface area contributed by atoms with E-state index in [0.29, 0.717) is 32.6 Å². The van der Waals surface area contributed by atoms with Crippen molar-refractivity contribution in [2.45, 2.75) is 13.0 Å². The number of halogens is 1. The summed E-state index contributed by atoms with van der Waals surface area (Å²) in [5.74, 6) is 0.00782. The average Bonchev–Trinajstić information content (AvgIpc) is 2.68. The molecule has 7 nitrogen and oxygen atoms in total. The molecule has 0 fully saturated rings. The predicted molar refractivity (Wildman–Crippen MR) is 108 cm³/mol. The van der Waals surface area contributed by atoms with Gasteiger partial charge < -0.3 is 20.3 Å². The Bertz CT molecular complexity index is 893. The summed E-state index contributed by atoms with van der Waals surface area (Å²) in [6.07, 6.45) is 0. The lowest BCUT2D eigenvalue weighted by atomic mass is 10.2. The SMILES string of the molecule is COc1ccc(Cl)cc1NC(=O)C[NH+](C)[C@H](C)C(=O)Nc1ccc(C#N)cc1. The third-order valence-electron chi connectivity index (χ3n) is 4.29. The van der Waals surface area contributed by atoms with Crippen LogP contribution in [0.2, 0.25) is 5.02 Å². The zero-order chi connectivity index (χ0) is 20.7. The van der Waals surface area contributed by atoms with Gasteiger partial charge in [0, 0.05) is 10.7 Å². The fourth-order valence-electron chi connectivity index (χ4n) is 2.48. The van der Waals surface area contributed by atoms with Crippen LogP contribution in [0.3, 0.4) is 0 Å². The van der Waals surface area contributed by atoms with Crippen molar-refractivity contribution in [3.8, 4) is 11.8 Å². The fraction of sp³-hybridized carbons (Fsp3) is 0.250. The summed E-state index contributed by atoms with van der Waals surface area (Å²) in [5.41, 5.74) is 1.58. The zero-order valence-electron chi connectivity index (χ0n) is 15.9. The molecule has 2 rings (SSSR count). The smallest absolute Gasteiger partial charge is 0.282 e. The fourth-order valence-corrected chi connectivity index (χ4v) is 2.65. The molecule has 2 amide bonds. The first-order chi connectivity index (χ1) is 13.3. The first-order valence-corrected chi connectivity index (χ1v) is 8.98. The Balaban J connectivity index is 1.94. The van der Waals surface area contributed by atoms with Crippen molar-refractivity contribution >= 4 is 34.8 Å². The van der Waals surface area contributed by atoms with Crippen LogP contribution in [0.4, 0.5) is 11.4 Å². The molecule has 1 unspecified atom stereocenters. The molecule has 0 heterocycles. The maximum Gasteiger partial charge on any atom is 0.282 e. The maximum atomic E-state index is 12.4. The topological polar surface area (TPSA) is 95.7 Å². The van der Waals surface area contributed by atoms with E-state index in [9.17, 15) is 9.59 Å². The van der Waals surface area contributed by atoms with E-state index >= 15 is 0 Å². The van der Waals surface area contributed by atoms with Crippen molar-refractivity contribution in [1.29, 1.82) is 5.26 Å². The van der Waals surface area contributed by atoms with Crippen LogP contribution >= 0.6 is 11.6 Å². The van der Waals surface area contributed by atoms with E-state index in [1.165, 1.54) is 7.11 Å². The normalized spacial score (nSPS) is 12.4. The number of benzene rings is 2. The van der Waals surface area contributed by atoms with Gasteiger partial charge in [0.25, 0.3) is 11.8 Å². The van der Waals surface area contributed by atoms with Crippen LogP contribution in [0, 0.1) is 11.3 Å². The lowest BCUT2D eigenvalue weighted by Gasteiger charge is -2.21. The second kappa shape index (κ2) is 9.74. The summed E-state index contributed by atoms with van der Waals surface area (Å²) in [6, 6.07) is 13.1. The van der Waals surface area contributed by atoms with Gasteiger partial charge >= 0.3 is 0 Å². The molecular formula is C20H22ClN4O3+. The van der Waals surface area contributed by atoms with E-state index in [2.05, 4.69) is 10.6 Å². The molecular weight excluding hydrogens is 380 g/mol. The number of quaternary nitrogens is 1. The lowest BCUT2D eigenvalue weighted by Crippen LogP contribution is -3.14. The Hall–Kier alpha value is -3.08. The number of amides is 2. The Morgan fingerprint density at radius 2 is 1.89 bits per heavy atom.